The number of aromatic nitrogens is 2. The molecule has 4 rings (SSSR count). The number of carboxylic acids is 1. The number of carboxylic acid groups (broad SMARTS) is 1. The molecule has 0 aliphatic carbocycles. The van der Waals surface area contributed by atoms with E-state index in [1.165, 1.54) is 12.1 Å². The van der Waals surface area contributed by atoms with Crippen LogP contribution in [0.1, 0.15) is 10.4 Å². The topological polar surface area (TPSA) is 167 Å². The van der Waals surface area contributed by atoms with Crippen LogP contribution in [0.15, 0.2) is 54.6 Å². The van der Waals surface area contributed by atoms with E-state index in [9.17, 15) is 9.90 Å². The average molecular weight is 459 g/mol. The molecule has 0 saturated carbocycles. The van der Waals surface area contributed by atoms with E-state index in [0.29, 0.717) is 50.7 Å². The number of fused-ring (bicyclic) bond motifs is 1. The van der Waals surface area contributed by atoms with Crippen LogP contribution in [0.25, 0.3) is 33.5 Å². The van der Waals surface area contributed by atoms with Crippen molar-refractivity contribution in [1.82, 2.24) is 9.97 Å². The first-order valence-corrected chi connectivity index (χ1v) is 8.69. The molecule has 0 aliphatic rings. The van der Waals surface area contributed by atoms with Crippen LogP contribution in [0.5, 0.6) is 0 Å². The molecule has 4 aromatic rings. The molecule has 0 atom stereocenters. The molecule has 0 unspecified atom stereocenters. The first-order valence-electron chi connectivity index (χ1n) is 8.69. The summed E-state index contributed by atoms with van der Waals surface area (Å²) < 4.78 is 0. The second kappa shape index (κ2) is 8.95. The molecular weight excluding hydrogens is 439 g/mol. The molecule has 1 heterocycles. The third-order valence-corrected chi connectivity index (χ3v) is 4.63. The minimum Gasteiger partial charge on any atom is -0.478 e. The lowest BCUT2D eigenvalue weighted by Gasteiger charge is -2.13. The Kier molecular flexibility index (Phi) is 6.79. The lowest BCUT2D eigenvalue weighted by Crippen LogP contribution is -2.01. The minimum atomic E-state index is -1.04. The van der Waals surface area contributed by atoms with Crippen molar-refractivity contribution in [2.75, 3.05) is 22.9 Å². The van der Waals surface area contributed by atoms with Crippen LogP contribution in [-0.2, 0) is 0 Å². The third kappa shape index (κ3) is 4.40. The van der Waals surface area contributed by atoms with Crippen molar-refractivity contribution in [1.29, 1.82) is 0 Å². The number of nitrogens with two attached hydrogens (primary N) is 4. The van der Waals surface area contributed by atoms with Crippen LogP contribution in [0, 0.1) is 0 Å². The zero-order chi connectivity index (χ0) is 20.7. The predicted octanol–water partition coefficient (Wildman–Crippen LogP) is 3.83. The fourth-order valence-electron chi connectivity index (χ4n) is 3.03. The second-order valence-electron chi connectivity index (χ2n) is 6.62. The monoisotopic (exact) mass is 458 g/mol. The van der Waals surface area contributed by atoms with Crippen molar-refractivity contribution in [2.24, 2.45) is 0 Å². The summed E-state index contributed by atoms with van der Waals surface area (Å²) in [7, 11) is 0. The number of hydrogen-bond donors (Lipinski definition) is 5. The molecule has 3 aromatic carbocycles. The number of nitrogen functional groups attached to an aromatic ring is 4. The normalized spacial score (nSPS) is 10.2. The van der Waals surface area contributed by atoms with Crippen LogP contribution in [-0.4, -0.2) is 21.0 Å². The van der Waals surface area contributed by atoms with Crippen LogP contribution < -0.4 is 22.9 Å². The fourth-order valence-corrected chi connectivity index (χ4v) is 3.03. The highest BCUT2D eigenvalue weighted by Gasteiger charge is 2.16. The number of rotatable bonds is 3. The van der Waals surface area contributed by atoms with Gasteiger partial charge in [-0.05, 0) is 42.5 Å². The van der Waals surface area contributed by atoms with Gasteiger partial charge in [0.05, 0.1) is 50.7 Å². The van der Waals surface area contributed by atoms with Gasteiger partial charge in [0.1, 0.15) is 0 Å². The fraction of sp³-hybridized carbons (Fsp3) is 0. The van der Waals surface area contributed by atoms with Gasteiger partial charge in [0.25, 0.3) is 0 Å². The zero-order valence-electron chi connectivity index (χ0n) is 16.1. The summed E-state index contributed by atoms with van der Waals surface area (Å²) in [4.78, 5) is 20.7. The second-order valence-corrected chi connectivity index (χ2v) is 6.62. The summed E-state index contributed by atoms with van der Waals surface area (Å²) in [6, 6.07) is 15.0. The molecule has 0 radical (unpaired) electrons. The molecule has 0 amide bonds. The van der Waals surface area contributed by atoms with Crippen molar-refractivity contribution < 1.29 is 9.90 Å². The van der Waals surface area contributed by atoms with Gasteiger partial charge in [-0.3, -0.25) is 0 Å². The maximum atomic E-state index is 11.3. The van der Waals surface area contributed by atoms with Crippen LogP contribution in [0.2, 0.25) is 0 Å². The van der Waals surface area contributed by atoms with Crippen molar-refractivity contribution in [3.05, 3.63) is 60.2 Å². The Labute approximate surface area is 190 Å². The minimum absolute atomic E-state index is 0. The third-order valence-electron chi connectivity index (χ3n) is 4.63. The number of hydrogen-bond acceptors (Lipinski definition) is 7. The number of benzene rings is 3. The van der Waals surface area contributed by atoms with Gasteiger partial charge in [0.2, 0.25) is 0 Å². The SMILES string of the molecule is Cl.Cl.Nc1ccc(-c2nc3ccc(C(=O)O)cc3nc2-c2ccc(N)c(N)c2)cc1N. The molecular formula is C21H20Cl2N6O2. The summed E-state index contributed by atoms with van der Waals surface area (Å²) in [5, 5.41) is 9.28. The predicted molar refractivity (Wildman–Crippen MR) is 130 cm³/mol. The number of nitrogens with zero attached hydrogens (tertiary/aromatic N) is 2. The molecule has 31 heavy (non-hydrogen) atoms. The highest BCUT2D eigenvalue weighted by atomic mass is 35.5. The smallest absolute Gasteiger partial charge is 0.335 e. The number of anilines is 4. The van der Waals surface area contributed by atoms with E-state index in [1.807, 2.05) is 0 Å². The number of halogens is 2. The van der Waals surface area contributed by atoms with Crippen molar-refractivity contribution >= 4 is 64.6 Å². The first kappa shape index (κ1) is 23.5. The Morgan fingerprint density at radius 3 is 1.58 bits per heavy atom. The number of carbonyl (C=O) groups is 1. The van der Waals surface area contributed by atoms with Crippen LogP contribution in [0.4, 0.5) is 22.7 Å². The summed E-state index contributed by atoms with van der Waals surface area (Å²) in [6.07, 6.45) is 0. The Morgan fingerprint density at radius 2 is 1.13 bits per heavy atom. The van der Waals surface area contributed by atoms with Crippen LogP contribution in [0.3, 0.4) is 0 Å². The van der Waals surface area contributed by atoms with Crippen molar-refractivity contribution in [2.45, 2.75) is 0 Å². The van der Waals surface area contributed by atoms with Crippen LogP contribution >= 0.6 is 24.8 Å². The standard InChI is InChI=1S/C21H18N6O2.2ClH/c22-13-4-1-10(7-15(13)24)19-20(11-2-5-14(23)16(25)8-11)27-18-9-12(21(28)29)3-6-17(18)26-19;;/h1-9H,22-25H2,(H,28,29);2*1H. The highest BCUT2D eigenvalue weighted by molar-refractivity contribution is 5.94. The van der Waals surface area contributed by atoms with Crippen molar-refractivity contribution in [3.8, 4) is 22.5 Å². The summed E-state index contributed by atoms with van der Waals surface area (Å²) >= 11 is 0. The summed E-state index contributed by atoms with van der Waals surface area (Å²) in [5.41, 5.74) is 29.0. The molecule has 0 fully saturated rings. The maximum absolute atomic E-state index is 11.3. The molecule has 0 aliphatic heterocycles. The van der Waals surface area contributed by atoms with E-state index in [1.54, 1.807) is 42.5 Å². The van der Waals surface area contributed by atoms with E-state index in [4.69, 9.17) is 32.9 Å². The van der Waals surface area contributed by atoms with E-state index < -0.39 is 5.97 Å². The summed E-state index contributed by atoms with van der Waals surface area (Å²) in [5.74, 6) is -1.04. The first-order chi connectivity index (χ1) is 13.8. The molecule has 160 valence electrons. The Bertz CT molecular complexity index is 1300. The largest absolute Gasteiger partial charge is 0.478 e. The molecule has 1 aromatic heterocycles. The van der Waals surface area contributed by atoms with Gasteiger partial charge in [0, 0.05) is 11.1 Å². The lowest BCUT2D eigenvalue weighted by molar-refractivity contribution is 0.0697. The van der Waals surface area contributed by atoms with Gasteiger partial charge in [-0.1, -0.05) is 12.1 Å². The van der Waals surface area contributed by atoms with E-state index in [0.717, 1.165) is 5.56 Å². The number of aromatic carboxylic acids is 1. The zero-order valence-corrected chi connectivity index (χ0v) is 17.7. The van der Waals surface area contributed by atoms with Gasteiger partial charge in [-0.25, -0.2) is 14.8 Å². The van der Waals surface area contributed by atoms with E-state index in [-0.39, 0.29) is 30.4 Å². The highest BCUT2D eigenvalue weighted by Crippen LogP contribution is 2.34. The lowest BCUT2D eigenvalue weighted by atomic mass is 10.0. The molecule has 0 spiro atoms. The van der Waals surface area contributed by atoms with Gasteiger partial charge in [-0.2, -0.15) is 0 Å². The van der Waals surface area contributed by atoms with Gasteiger partial charge in [0.15, 0.2) is 0 Å². The summed E-state index contributed by atoms with van der Waals surface area (Å²) in [6.45, 7) is 0. The van der Waals surface area contributed by atoms with Gasteiger partial charge in [-0.15, -0.1) is 24.8 Å². The molecule has 9 N–H and O–H groups in total. The average Bonchev–Trinajstić information content (AvgIpc) is 2.70. The Hall–Kier alpha value is -3.75. The maximum Gasteiger partial charge on any atom is 0.335 e. The Morgan fingerprint density at radius 1 is 0.645 bits per heavy atom. The molecule has 10 heteroatoms. The van der Waals surface area contributed by atoms with E-state index >= 15 is 0 Å². The Balaban J connectivity index is 0.00000171. The molecule has 0 saturated heterocycles. The quantitative estimate of drug-likeness (QED) is 0.288. The van der Waals surface area contributed by atoms with Gasteiger partial charge >= 0.3 is 5.97 Å². The van der Waals surface area contributed by atoms with Crippen molar-refractivity contribution in [3.63, 3.8) is 0 Å². The molecule has 8 nitrogen and oxygen atoms in total. The van der Waals surface area contributed by atoms with E-state index in [2.05, 4.69) is 0 Å². The van der Waals surface area contributed by atoms with Gasteiger partial charge < -0.3 is 28.0 Å². The molecule has 0 bridgehead atoms.